The highest BCUT2D eigenvalue weighted by atomic mass is 16.2. The van der Waals surface area contributed by atoms with Gasteiger partial charge in [0.15, 0.2) is 0 Å². The van der Waals surface area contributed by atoms with Crippen LogP contribution in [-0.4, -0.2) is 35.8 Å². The van der Waals surface area contributed by atoms with Crippen LogP contribution < -0.4 is 4.90 Å². The van der Waals surface area contributed by atoms with Gasteiger partial charge in [0, 0.05) is 24.3 Å². The van der Waals surface area contributed by atoms with Gasteiger partial charge in [0.1, 0.15) is 6.04 Å². The molecule has 4 nitrogen and oxygen atoms in total. The van der Waals surface area contributed by atoms with Crippen molar-refractivity contribution in [3.05, 3.63) is 65.2 Å². The van der Waals surface area contributed by atoms with E-state index in [2.05, 4.69) is 32.0 Å². The van der Waals surface area contributed by atoms with Crippen LogP contribution in [0.3, 0.4) is 0 Å². The first-order valence-corrected chi connectivity index (χ1v) is 10.4. The van der Waals surface area contributed by atoms with Crippen LogP contribution in [0.15, 0.2) is 48.5 Å². The maximum Gasteiger partial charge on any atom is 0.254 e. The molecule has 2 aromatic rings. The molecule has 2 aliphatic heterocycles. The molecule has 2 aromatic carbocycles. The Balaban J connectivity index is 1.59. The lowest BCUT2D eigenvalue weighted by Gasteiger charge is -2.34. The second kappa shape index (κ2) is 7.78. The molecule has 1 unspecified atom stereocenters. The predicted molar refractivity (Wildman–Crippen MR) is 112 cm³/mol. The maximum atomic E-state index is 13.5. The van der Waals surface area contributed by atoms with E-state index < -0.39 is 0 Å². The molecule has 0 spiro atoms. The zero-order chi connectivity index (χ0) is 19.7. The minimum atomic E-state index is -0.358. The molecule has 4 rings (SSSR count). The molecular weight excluding hydrogens is 348 g/mol. The molecule has 0 radical (unpaired) electrons. The fraction of sp³-hybridized carbons (Fsp3) is 0.417. The topological polar surface area (TPSA) is 40.6 Å². The van der Waals surface area contributed by atoms with Gasteiger partial charge in [0.05, 0.1) is 0 Å². The van der Waals surface area contributed by atoms with Crippen LogP contribution in [0, 0.1) is 0 Å². The summed E-state index contributed by atoms with van der Waals surface area (Å²) in [6.07, 6.45) is 3.60. The fourth-order valence-electron chi connectivity index (χ4n) is 4.40. The van der Waals surface area contributed by atoms with Crippen molar-refractivity contribution in [3.8, 4) is 0 Å². The van der Waals surface area contributed by atoms with Crippen LogP contribution in [0.25, 0.3) is 0 Å². The highest BCUT2D eigenvalue weighted by molar-refractivity contribution is 6.03. The monoisotopic (exact) mass is 376 g/mol. The summed E-state index contributed by atoms with van der Waals surface area (Å²) in [4.78, 5) is 30.1. The molecule has 146 valence electrons. The van der Waals surface area contributed by atoms with Gasteiger partial charge < -0.3 is 9.80 Å². The van der Waals surface area contributed by atoms with E-state index in [1.54, 1.807) is 4.90 Å². The minimum Gasteiger partial charge on any atom is -0.327 e. The van der Waals surface area contributed by atoms with Crippen molar-refractivity contribution in [2.45, 2.75) is 51.5 Å². The number of fused-ring (bicyclic) bond motifs is 1. The molecule has 1 atom stereocenters. The van der Waals surface area contributed by atoms with E-state index in [0.29, 0.717) is 18.0 Å². The SMILES string of the molecule is CC(C)c1ccc2c(c1)CCCN2C(=O)C1CCCN1C(=O)c1ccccc1. The number of carbonyl (C=O) groups excluding carboxylic acids is 2. The van der Waals surface area contributed by atoms with Crippen molar-refractivity contribution in [2.24, 2.45) is 0 Å². The van der Waals surface area contributed by atoms with Crippen LogP contribution in [0.2, 0.25) is 0 Å². The van der Waals surface area contributed by atoms with E-state index in [0.717, 1.165) is 37.9 Å². The van der Waals surface area contributed by atoms with Crippen molar-refractivity contribution in [3.63, 3.8) is 0 Å². The fourth-order valence-corrected chi connectivity index (χ4v) is 4.40. The number of likely N-dealkylation sites (tertiary alicyclic amines) is 1. The second-order valence-electron chi connectivity index (χ2n) is 8.16. The van der Waals surface area contributed by atoms with Gasteiger partial charge >= 0.3 is 0 Å². The lowest BCUT2D eigenvalue weighted by atomic mass is 9.94. The Morgan fingerprint density at radius 3 is 2.54 bits per heavy atom. The number of aryl methyl sites for hydroxylation is 1. The summed E-state index contributed by atoms with van der Waals surface area (Å²) in [5, 5.41) is 0. The first kappa shape index (κ1) is 18.7. The van der Waals surface area contributed by atoms with Gasteiger partial charge in [-0.05, 0) is 60.9 Å². The zero-order valence-electron chi connectivity index (χ0n) is 16.7. The number of hydrogen-bond donors (Lipinski definition) is 0. The Kier molecular flexibility index (Phi) is 5.21. The highest BCUT2D eigenvalue weighted by Gasteiger charge is 2.38. The number of rotatable bonds is 3. The van der Waals surface area contributed by atoms with Crippen LogP contribution in [0.5, 0.6) is 0 Å². The average Bonchev–Trinajstić information content (AvgIpc) is 3.22. The molecule has 0 saturated carbocycles. The van der Waals surface area contributed by atoms with E-state index in [4.69, 9.17) is 0 Å². The third-order valence-corrected chi connectivity index (χ3v) is 5.97. The summed E-state index contributed by atoms with van der Waals surface area (Å²) in [6, 6.07) is 15.4. The first-order valence-electron chi connectivity index (χ1n) is 10.4. The number of carbonyl (C=O) groups is 2. The van der Waals surface area contributed by atoms with Gasteiger partial charge in [-0.25, -0.2) is 0 Å². The van der Waals surface area contributed by atoms with Gasteiger partial charge in [-0.3, -0.25) is 9.59 Å². The van der Waals surface area contributed by atoms with Crippen molar-refractivity contribution >= 4 is 17.5 Å². The van der Waals surface area contributed by atoms with E-state index in [1.165, 1.54) is 11.1 Å². The van der Waals surface area contributed by atoms with Crippen LogP contribution in [0.1, 0.15) is 60.5 Å². The molecular formula is C24H28N2O2. The first-order chi connectivity index (χ1) is 13.6. The van der Waals surface area contributed by atoms with Crippen molar-refractivity contribution in [1.29, 1.82) is 0 Å². The molecule has 0 N–H and O–H groups in total. The van der Waals surface area contributed by atoms with Gasteiger partial charge in [0.25, 0.3) is 5.91 Å². The summed E-state index contributed by atoms with van der Waals surface area (Å²) in [5.74, 6) is 0.508. The molecule has 2 amide bonds. The van der Waals surface area contributed by atoms with E-state index in [1.807, 2.05) is 35.2 Å². The molecule has 2 heterocycles. The second-order valence-corrected chi connectivity index (χ2v) is 8.16. The van der Waals surface area contributed by atoms with E-state index in [9.17, 15) is 9.59 Å². The molecule has 2 aliphatic rings. The average molecular weight is 376 g/mol. The predicted octanol–water partition coefficient (Wildman–Crippen LogP) is 4.39. The number of anilines is 1. The summed E-state index contributed by atoms with van der Waals surface area (Å²) in [7, 11) is 0. The minimum absolute atomic E-state index is 0.0381. The number of nitrogens with zero attached hydrogens (tertiary/aromatic N) is 2. The standard InChI is InChI=1S/C24H28N2O2/c1-17(2)19-12-13-21-20(16-19)10-6-14-25(21)24(28)22-11-7-15-26(22)23(27)18-8-4-3-5-9-18/h3-5,8-9,12-13,16-17,22H,6-7,10-11,14-15H2,1-2H3. The Bertz CT molecular complexity index is 875. The molecule has 1 fully saturated rings. The van der Waals surface area contributed by atoms with E-state index >= 15 is 0 Å². The molecule has 4 heteroatoms. The maximum absolute atomic E-state index is 13.5. The number of benzene rings is 2. The third kappa shape index (κ3) is 3.44. The normalized spacial score (nSPS) is 19.0. The molecule has 0 bridgehead atoms. The Hall–Kier alpha value is -2.62. The molecule has 0 aliphatic carbocycles. The van der Waals surface area contributed by atoms with Gasteiger partial charge in [-0.15, -0.1) is 0 Å². The van der Waals surface area contributed by atoms with E-state index in [-0.39, 0.29) is 17.9 Å². The smallest absolute Gasteiger partial charge is 0.254 e. The van der Waals surface area contributed by atoms with Gasteiger partial charge in [-0.2, -0.15) is 0 Å². The number of hydrogen-bond acceptors (Lipinski definition) is 2. The highest BCUT2D eigenvalue weighted by Crippen LogP contribution is 2.32. The van der Waals surface area contributed by atoms with Gasteiger partial charge in [0.2, 0.25) is 5.91 Å². The van der Waals surface area contributed by atoms with Crippen LogP contribution in [0.4, 0.5) is 5.69 Å². The molecule has 0 aromatic heterocycles. The van der Waals surface area contributed by atoms with Gasteiger partial charge in [-0.1, -0.05) is 44.2 Å². The Morgan fingerprint density at radius 1 is 1.00 bits per heavy atom. The molecule has 1 saturated heterocycles. The zero-order valence-corrected chi connectivity index (χ0v) is 16.7. The van der Waals surface area contributed by atoms with Crippen molar-refractivity contribution in [1.82, 2.24) is 4.90 Å². The lowest BCUT2D eigenvalue weighted by molar-refractivity contribution is -0.122. The quantitative estimate of drug-likeness (QED) is 0.797. The van der Waals surface area contributed by atoms with Crippen molar-refractivity contribution in [2.75, 3.05) is 18.0 Å². The van der Waals surface area contributed by atoms with Crippen LogP contribution in [-0.2, 0) is 11.2 Å². The summed E-state index contributed by atoms with van der Waals surface area (Å²) < 4.78 is 0. The summed E-state index contributed by atoms with van der Waals surface area (Å²) in [5.41, 5.74) is 4.25. The summed E-state index contributed by atoms with van der Waals surface area (Å²) >= 11 is 0. The summed E-state index contributed by atoms with van der Waals surface area (Å²) in [6.45, 7) is 5.77. The Morgan fingerprint density at radius 2 is 1.79 bits per heavy atom. The largest absolute Gasteiger partial charge is 0.327 e. The number of amides is 2. The molecule has 28 heavy (non-hydrogen) atoms. The third-order valence-electron chi connectivity index (χ3n) is 5.97. The lowest BCUT2D eigenvalue weighted by Crippen LogP contribution is -2.49. The Labute approximate surface area is 167 Å². The van der Waals surface area contributed by atoms with Crippen LogP contribution >= 0.6 is 0 Å². The van der Waals surface area contributed by atoms with Crippen molar-refractivity contribution < 1.29 is 9.59 Å².